The summed E-state index contributed by atoms with van der Waals surface area (Å²) in [5, 5.41) is 12.5. The molecule has 3 aromatic heterocycles. The van der Waals surface area contributed by atoms with Crippen LogP contribution in [0.5, 0.6) is 0 Å². The first-order valence-corrected chi connectivity index (χ1v) is 9.49. The molecular formula is C18H23N5O2S. The Kier molecular flexibility index (Phi) is 6.06. The zero-order chi connectivity index (χ0) is 18.4. The van der Waals surface area contributed by atoms with Crippen molar-refractivity contribution >= 4 is 17.3 Å². The first-order valence-electron chi connectivity index (χ1n) is 8.61. The van der Waals surface area contributed by atoms with Crippen LogP contribution in [0.2, 0.25) is 0 Å². The standard InChI is InChI=1S/C18H23N5O2S/c1-4-19-18(21-10-14-8-15(12(2)3)23-25-14)20-9-13-11-24-17(22-13)16-6-5-7-26-16/h5-8,11-12H,4,9-10H2,1-3H3,(H2,19,20,21). The van der Waals surface area contributed by atoms with Gasteiger partial charge in [0.15, 0.2) is 11.7 Å². The third kappa shape index (κ3) is 4.72. The second-order valence-electron chi connectivity index (χ2n) is 6.04. The molecule has 0 saturated carbocycles. The monoisotopic (exact) mass is 373 g/mol. The summed E-state index contributed by atoms with van der Waals surface area (Å²) in [6.45, 7) is 7.90. The van der Waals surface area contributed by atoms with Crippen molar-refractivity contribution in [3.63, 3.8) is 0 Å². The molecule has 0 spiro atoms. The zero-order valence-corrected chi connectivity index (χ0v) is 16.0. The molecule has 0 radical (unpaired) electrons. The lowest BCUT2D eigenvalue weighted by Gasteiger charge is -2.09. The summed E-state index contributed by atoms with van der Waals surface area (Å²) in [4.78, 5) is 10.0. The first kappa shape index (κ1) is 18.2. The van der Waals surface area contributed by atoms with E-state index in [4.69, 9.17) is 8.94 Å². The maximum Gasteiger partial charge on any atom is 0.236 e. The fraction of sp³-hybridized carbons (Fsp3) is 0.389. The van der Waals surface area contributed by atoms with Gasteiger partial charge in [0.05, 0.1) is 23.7 Å². The molecule has 2 N–H and O–H groups in total. The van der Waals surface area contributed by atoms with Crippen molar-refractivity contribution in [1.29, 1.82) is 0 Å². The number of nitrogens with one attached hydrogen (secondary N) is 2. The summed E-state index contributed by atoms with van der Waals surface area (Å²) < 4.78 is 10.9. The van der Waals surface area contributed by atoms with E-state index in [0.717, 1.165) is 28.6 Å². The average molecular weight is 373 g/mol. The zero-order valence-electron chi connectivity index (χ0n) is 15.2. The van der Waals surface area contributed by atoms with Crippen LogP contribution in [0, 0.1) is 0 Å². The van der Waals surface area contributed by atoms with E-state index in [2.05, 4.69) is 39.6 Å². The number of hydrogen-bond acceptors (Lipinski definition) is 6. The Morgan fingerprint density at radius 2 is 2.23 bits per heavy atom. The predicted octanol–water partition coefficient (Wildman–Crippen LogP) is 3.77. The molecule has 8 heteroatoms. The van der Waals surface area contributed by atoms with E-state index in [1.807, 2.05) is 30.5 Å². The van der Waals surface area contributed by atoms with Gasteiger partial charge in [0.1, 0.15) is 12.0 Å². The minimum Gasteiger partial charge on any atom is -0.443 e. The van der Waals surface area contributed by atoms with Gasteiger partial charge in [-0.3, -0.25) is 0 Å². The van der Waals surface area contributed by atoms with E-state index >= 15 is 0 Å². The van der Waals surface area contributed by atoms with Gasteiger partial charge in [-0.1, -0.05) is 25.1 Å². The molecule has 0 unspecified atom stereocenters. The van der Waals surface area contributed by atoms with E-state index in [1.54, 1.807) is 17.6 Å². The van der Waals surface area contributed by atoms with Gasteiger partial charge in [-0.25, -0.2) is 9.98 Å². The molecule has 26 heavy (non-hydrogen) atoms. The fourth-order valence-corrected chi connectivity index (χ4v) is 2.91. The molecule has 138 valence electrons. The van der Waals surface area contributed by atoms with Gasteiger partial charge in [0.25, 0.3) is 0 Å². The van der Waals surface area contributed by atoms with Crippen molar-refractivity contribution in [3.05, 3.63) is 47.0 Å². The molecule has 0 saturated heterocycles. The molecule has 3 aromatic rings. The van der Waals surface area contributed by atoms with E-state index < -0.39 is 0 Å². The Balaban J connectivity index is 1.59. The highest BCUT2D eigenvalue weighted by Crippen LogP contribution is 2.23. The van der Waals surface area contributed by atoms with Gasteiger partial charge in [0.2, 0.25) is 5.89 Å². The Morgan fingerprint density at radius 3 is 2.92 bits per heavy atom. The van der Waals surface area contributed by atoms with E-state index in [0.29, 0.717) is 30.9 Å². The van der Waals surface area contributed by atoms with Crippen molar-refractivity contribution in [2.75, 3.05) is 6.54 Å². The van der Waals surface area contributed by atoms with Crippen LogP contribution in [0.15, 0.2) is 43.8 Å². The molecule has 3 rings (SSSR count). The summed E-state index contributed by atoms with van der Waals surface area (Å²) in [5.74, 6) is 2.45. The summed E-state index contributed by atoms with van der Waals surface area (Å²) in [6, 6.07) is 5.92. The molecule has 0 aromatic carbocycles. The Hall–Kier alpha value is -2.61. The van der Waals surface area contributed by atoms with Crippen LogP contribution >= 0.6 is 11.3 Å². The van der Waals surface area contributed by atoms with Gasteiger partial charge in [-0.15, -0.1) is 11.3 Å². The van der Waals surface area contributed by atoms with Crippen molar-refractivity contribution in [2.45, 2.75) is 39.8 Å². The van der Waals surface area contributed by atoms with Crippen LogP contribution in [0.4, 0.5) is 0 Å². The quantitative estimate of drug-likeness (QED) is 0.484. The third-order valence-corrected chi connectivity index (χ3v) is 4.48. The number of aliphatic imine (C=N–C) groups is 1. The molecule has 0 aliphatic heterocycles. The molecule has 0 atom stereocenters. The molecule has 0 fully saturated rings. The van der Waals surface area contributed by atoms with Crippen molar-refractivity contribution in [3.8, 4) is 10.8 Å². The molecule has 3 heterocycles. The minimum absolute atomic E-state index is 0.346. The van der Waals surface area contributed by atoms with Crippen molar-refractivity contribution in [2.24, 2.45) is 4.99 Å². The number of aromatic nitrogens is 2. The fourth-order valence-electron chi connectivity index (χ4n) is 2.25. The molecule has 0 aliphatic carbocycles. The normalized spacial score (nSPS) is 11.9. The topological polar surface area (TPSA) is 88.5 Å². The van der Waals surface area contributed by atoms with Crippen LogP contribution in [0.25, 0.3) is 10.8 Å². The average Bonchev–Trinajstić information content (AvgIpc) is 3.38. The van der Waals surface area contributed by atoms with E-state index in [1.165, 1.54) is 0 Å². The minimum atomic E-state index is 0.346. The smallest absolute Gasteiger partial charge is 0.236 e. The molecule has 0 amide bonds. The largest absolute Gasteiger partial charge is 0.443 e. The van der Waals surface area contributed by atoms with Gasteiger partial charge in [-0.05, 0) is 24.3 Å². The van der Waals surface area contributed by atoms with Gasteiger partial charge >= 0.3 is 0 Å². The van der Waals surface area contributed by atoms with E-state index in [9.17, 15) is 0 Å². The van der Waals surface area contributed by atoms with Crippen LogP contribution in [-0.2, 0) is 13.1 Å². The predicted molar refractivity (Wildman–Crippen MR) is 102 cm³/mol. The number of guanidine groups is 1. The summed E-state index contributed by atoms with van der Waals surface area (Å²) in [5.41, 5.74) is 1.74. The lowest BCUT2D eigenvalue weighted by atomic mass is 10.1. The second kappa shape index (κ2) is 8.66. The number of thiophene rings is 1. The lowest BCUT2D eigenvalue weighted by Crippen LogP contribution is -2.36. The maximum absolute atomic E-state index is 5.52. The highest BCUT2D eigenvalue weighted by atomic mass is 32.1. The summed E-state index contributed by atoms with van der Waals surface area (Å²) in [7, 11) is 0. The van der Waals surface area contributed by atoms with Crippen LogP contribution in [-0.4, -0.2) is 22.6 Å². The Morgan fingerprint density at radius 1 is 1.35 bits per heavy atom. The number of oxazole rings is 1. The van der Waals surface area contributed by atoms with Gasteiger partial charge in [0, 0.05) is 12.6 Å². The van der Waals surface area contributed by atoms with Gasteiger partial charge in [-0.2, -0.15) is 0 Å². The van der Waals surface area contributed by atoms with Crippen LogP contribution in [0.3, 0.4) is 0 Å². The second-order valence-corrected chi connectivity index (χ2v) is 6.99. The first-order chi connectivity index (χ1) is 12.7. The highest BCUT2D eigenvalue weighted by Gasteiger charge is 2.09. The number of rotatable bonds is 7. The Bertz CT molecular complexity index is 836. The van der Waals surface area contributed by atoms with Crippen molar-refractivity contribution in [1.82, 2.24) is 20.8 Å². The lowest BCUT2D eigenvalue weighted by molar-refractivity contribution is 0.372. The maximum atomic E-state index is 5.52. The molecule has 0 aliphatic rings. The molecule has 0 bridgehead atoms. The van der Waals surface area contributed by atoms with Gasteiger partial charge < -0.3 is 19.6 Å². The Labute approximate surface area is 156 Å². The van der Waals surface area contributed by atoms with Crippen molar-refractivity contribution < 1.29 is 8.94 Å². The van der Waals surface area contributed by atoms with Crippen LogP contribution in [0.1, 0.15) is 43.8 Å². The molecular weight excluding hydrogens is 350 g/mol. The number of hydrogen-bond donors (Lipinski definition) is 2. The number of nitrogens with zero attached hydrogens (tertiary/aromatic N) is 3. The van der Waals surface area contributed by atoms with Crippen LogP contribution < -0.4 is 10.6 Å². The third-order valence-electron chi connectivity index (χ3n) is 3.63. The SMILES string of the molecule is CCNC(=NCc1coc(-c2cccs2)n1)NCc1cc(C(C)C)no1. The van der Waals surface area contributed by atoms with E-state index in [-0.39, 0.29) is 0 Å². The summed E-state index contributed by atoms with van der Waals surface area (Å²) >= 11 is 1.60. The highest BCUT2D eigenvalue weighted by molar-refractivity contribution is 7.13. The molecule has 7 nitrogen and oxygen atoms in total. The summed E-state index contributed by atoms with van der Waals surface area (Å²) in [6.07, 6.45) is 1.65.